The minimum absolute atomic E-state index is 0.475. The summed E-state index contributed by atoms with van der Waals surface area (Å²) in [6.07, 6.45) is 4.63. The number of carbonyl (C=O) groups is 1. The number of hydrogen-bond acceptors (Lipinski definition) is 2. The highest BCUT2D eigenvalue weighted by Gasteiger charge is 2.04. The standard InChI is InChI=1S/C9H11NO2/c1-3-8(6-10)5-4-7(2)9(11)12/h3-5,7H,1-2H3,(H,11,12)/b5-4-,8-3+. The van der Waals surface area contributed by atoms with Gasteiger partial charge in [0, 0.05) is 5.57 Å². The number of carboxylic acid groups (broad SMARTS) is 1. The lowest BCUT2D eigenvalue weighted by Gasteiger charge is -1.95. The lowest BCUT2D eigenvalue weighted by molar-refractivity contribution is -0.139. The van der Waals surface area contributed by atoms with Crippen molar-refractivity contribution < 1.29 is 9.90 Å². The minimum atomic E-state index is -0.889. The van der Waals surface area contributed by atoms with Crippen LogP contribution in [0.5, 0.6) is 0 Å². The third-order valence-electron chi connectivity index (χ3n) is 1.39. The zero-order valence-electron chi connectivity index (χ0n) is 7.11. The van der Waals surface area contributed by atoms with Gasteiger partial charge in [0.05, 0.1) is 12.0 Å². The minimum Gasteiger partial charge on any atom is -0.481 e. The largest absolute Gasteiger partial charge is 0.481 e. The highest BCUT2D eigenvalue weighted by atomic mass is 16.4. The highest BCUT2D eigenvalue weighted by Crippen LogP contribution is 2.01. The maximum atomic E-state index is 10.3. The molecule has 12 heavy (non-hydrogen) atoms. The van der Waals surface area contributed by atoms with E-state index in [9.17, 15) is 4.79 Å². The molecule has 0 aliphatic heterocycles. The molecule has 0 heterocycles. The summed E-state index contributed by atoms with van der Waals surface area (Å²) >= 11 is 0. The first kappa shape index (κ1) is 10.4. The van der Waals surface area contributed by atoms with Gasteiger partial charge in [-0.05, 0) is 19.9 Å². The summed E-state index contributed by atoms with van der Waals surface area (Å²) in [5, 5.41) is 16.9. The van der Waals surface area contributed by atoms with Crippen molar-refractivity contribution in [2.45, 2.75) is 13.8 Å². The Bertz CT molecular complexity index is 258. The van der Waals surface area contributed by atoms with Crippen LogP contribution in [-0.2, 0) is 4.79 Å². The number of hydrogen-bond donors (Lipinski definition) is 1. The summed E-state index contributed by atoms with van der Waals surface area (Å²) in [6.45, 7) is 3.29. The molecule has 1 atom stereocenters. The van der Waals surface area contributed by atoms with Gasteiger partial charge in [0.1, 0.15) is 0 Å². The summed E-state index contributed by atoms with van der Waals surface area (Å²) in [5.74, 6) is -1.44. The van der Waals surface area contributed by atoms with E-state index in [1.807, 2.05) is 6.07 Å². The Morgan fingerprint density at radius 3 is 2.58 bits per heavy atom. The third kappa shape index (κ3) is 3.57. The molecule has 3 nitrogen and oxygen atoms in total. The Hall–Kier alpha value is -1.56. The first-order valence-corrected chi connectivity index (χ1v) is 3.59. The monoisotopic (exact) mass is 165 g/mol. The van der Waals surface area contributed by atoms with Crippen LogP contribution in [0.3, 0.4) is 0 Å². The topological polar surface area (TPSA) is 61.1 Å². The van der Waals surface area contributed by atoms with Gasteiger partial charge in [-0.3, -0.25) is 4.79 Å². The average Bonchev–Trinajstić information content (AvgIpc) is 2.05. The summed E-state index contributed by atoms with van der Waals surface area (Å²) < 4.78 is 0. The molecule has 0 aliphatic carbocycles. The molecule has 0 rings (SSSR count). The summed E-state index contributed by atoms with van der Waals surface area (Å²) in [7, 11) is 0. The summed E-state index contributed by atoms with van der Waals surface area (Å²) in [5.41, 5.74) is 0.475. The van der Waals surface area contributed by atoms with Crippen LogP contribution in [0, 0.1) is 17.2 Å². The second-order valence-electron chi connectivity index (χ2n) is 2.34. The molecule has 3 heteroatoms. The van der Waals surface area contributed by atoms with Gasteiger partial charge in [-0.15, -0.1) is 0 Å². The molecule has 0 aromatic heterocycles. The van der Waals surface area contributed by atoms with Crippen molar-refractivity contribution >= 4 is 5.97 Å². The van der Waals surface area contributed by atoms with Crippen molar-refractivity contribution in [2.24, 2.45) is 5.92 Å². The fourth-order valence-electron chi connectivity index (χ4n) is 0.528. The third-order valence-corrected chi connectivity index (χ3v) is 1.39. The van der Waals surface area contributed by atoms with Gasteiger partial charge in [-0.2, -0.15) is 5.26 Å². The van der Waals surface area contributed by atoms with Crippen molar-refractivity contribution in [3.8, 4) is 6.07 Å². The Morgan fingerprint density at radius 2 is 2.25 bits per heavy atom. The predicted octanol–water partition coefficient (Wildman–Crippen LogP) is 1.73. The second kappa shape index (κ2) is 5.14. The predicted molar refractivity (Wildman–Crippen MR) is 45.3 cm³/mol. The molecule has 0 aromatic carbocycles. The first-order chi connectivity index (χ1) is 5.61. The second-order valence-corrected chi connectivity index (χ2v) is 2.34. The van der Waals surface area contributed by atoms with Gasteiger partial charge in [-0.1, -0.05) is 12.2 Å². The number of rotatable bonds is 3. The van der Waals surface area contributed by atoms with E-state index < -0.39 is 11.9 Å². The van der Waals surface area contributed by atoms with Crippen molar-refractivity contribution in [3.63, 3.8) is 0 Å². The molecule has 0 bridgehead atoms. The number of nitrogens with zero attached hydrogens (tertiary/aromatic N) is 1. The fraction of sp³-hybridized carbons (Fsp3) is 0.333. The van der Waals surface area contributed by atoms with Crippen LogP contribution in [-0.4, -0.2) is 11.1 Å². The van der Waals surface area contributed by atoms with Gasteiger partial charge in [0.25, 0.3) is 0 Å². The lowest BCUT2D eigenvalue weighted by Crippen LogP contribution is -2.05. The van der Waals surface area contributed by atoms with Gasteiger partial charge < -0.3 is 5.11 Å². The number of aliphatic carboxylic acids is 1. The quantitative estimate of drug-likeness (QED) is 0.511. The zero-order valence-corrected chi connectivity index (χ0v) is 7.11. The normalized spacial score (nSPS) is 14.2. The Balaban J connectivity index is 4.26. The molecule has 64 valence electrons. The van der Waals surface area contributed by atoms with Crippen LogP contribution in [0.2, 0.25) is 0 Å². The van der Waals surface area contributed by atoms with Gasteiger partial charge in [0.2, 0.25) is 0 Å². The van der Waals surface area contributed by atoms with Gasteiger partial charge >= 0.3 is 5.97 Å². The lowest BCUT2D eigenvalue weighted by atomic mass is 10.1. The number of nitriles is 1. The zero-order chi connectivity index (χ0) is 9.56. The molecule has 0 amide bonds. The highest BCUT2D eigenvalue weighted by molar-refractivity contribution is 5.71. The van der Waals surface area contributed by atoms with E-state index in [4.69, 9.17) is 10.4 Å². The summed E-state index contributed by atoms with van der Waals surface area (Å²) in [4.78, 5) is 10.3. The van der Waals surface area contributed by atoms with Crippen LogP contribution in [0.25, 0.3) is 0 Å². The van der Waals surface area contributed by atoms with E-state index in [-0.39, 0.29) is 0 Å². The maximum Gasteiger partial charge on any atom is 0.310 e. The van der Waals surface area contributed by atoms with Gasteiger partial charge in [-0.25, -0.2) is 0 Å². The van der Waals surface area contributed by atoms with E-state index in [2.05, 4.69) is 0 Å². The van der Waals surface area contributed by atoms with Crippen LogP contribution in [0.4, 0.5) is 0 Å². The van der Waals surface area contributed by atoms with Crippen LogP contribution < -0.4 is 0 Å². The average molecular weight is 165 g/mol. The van der Waals surface area contributed by atoms with Crippen molar-refractivity contribution in [1.82, 2.24) is 0 Å². The van der Waals surface area contributed by atoms with E-state index in [1.165, 1.54) is 12.2 Å². The van der Waals surface area contributed by atoms with E-state index >= 15 is 0 Å². The molecule has 0 radical (unpaired) electrons. The Kier molecular flexibility index (Phi) is 4.47. The smallest absolute Gasteiger partial charge is 0.310 e. The molecule has 0 spiro atoms. The van der Waals surface area contributed by atoms with E-state index in [0.717, 1.165) is 0 Å². The van der Waals surface area contributed by atoms with Crippen LogP contribution >= 0.6 is 0 Å². The van der Waals surface area contributed by atoms with Crippen LogP contribution in [0.1, 0.15) is 13.8 Å². The van der Waals surface area contributed by atoms with Crippen molar-refractivity contribution in [2.75, 3.05) is 0 Å². The van der Waals surface area contributed by atoms with Gasteiger partial charge in [0.15, 0.2) is 0 Å². The summed E-state index contributed by atoms with van der Waals surface area (Å²) in [6, 6.07) is 1.93. The van der Waals surface area contributed by atoms with E-state index in [1.54, 1.807) is 19.9 Å². The van der Waals surface area contributed by atoms with E-state index in [0.29, 0.717) is 5.57 Å². The Labute approximate surface area is 71.6 Å². The molecule has 0 saturated heterocycles. The molecule has 0 aromatic rings. The Morgan fingerprint density at radius 1 is 1.67 bits per heavy atom. The molecule has 0 aliphatic rings. The first-order valence-electron chi connectivity index (χ1n) is 3.59. The molecule has 1 unspecified atom stereocenters. The molecular formula is C9H11NO2. The molecule has 1 N–H and O–H groups in total. The maximum absolute atomic E-state index is 10.3. The molecule has 0 saturated carbocycles. The molecule has 0 fully saturated rings. The van der Waals surface area contributed by atoms with Crippen molar-refractivity contribution in [3.05, 3.63) is 23.8 Å². The number of carboxylic acids is 1. The number of allylic oxidation sites excluding steroid dienone is 3. The SMILES string of the molecule is C/C=C(C#N)\C=C/C(C)C(=O)O. The van der Waals surface area contributed by atoms with Crippen molar-refractivity contribution in [1.29, 1.82) is 5.26 Å². The van der Waals surface area contributed by atoms with Crippen LogP contribution in [0.15, 0.2) is 23.8 Å². The molecular weight excluding hydrogens is 154 g/mol. The fourth-order valence-corrected chi connectivity index (χ4v) is 0.528.